The Kier molecular flexibility index (Phi) is 7.09. The molecule has 1 aromatic heterocycles. The Morgan fingerprint density at radius 2 is 2.14 bits per heavy atom. The lowest BCUT2D eigenvalue weighted by atomic mass is 9.93. The van der Waals surface area contributed by atoms with Crippen LogP contribution in [0.15, 0.2) is 0 Å². The van der Waals surface area contributed by atoms with Crippen LogP contribution in [0.5, 0.6) is 0 Å². The smallest absolute Gasteiger partial charge is 0.226 e. The van der Waals surface area contributed by atoms with Gasteiger partial charge in [0, 0.05) is 12.8 Å². The molecule has 0 radical (unpaired) electrons. The van der Waals surface area contributed by atoms with Gasteiger partial charge in [0.25, 0.3) is 0 Å². The predicted octanol–water partition coefficient (Wildman–Crippen LogP) is 2.99. The number of unbranched alkanes of at least 4 members (excludes halogenated alkanes) is 2. The van der Waals surface area contributed by atoms with E-state index in [2.05, 4.69) is 27.8 Å². The molecule has 1 fully saturated rings. The molecule has 1 aromatic rings. The molecule has 0 unspecified atom stereocenters. The van der Waals surface area contributed by atoms with Crippen molar-refractivity contribution in [2.24, 2.45) is 5.92 Å². The number of nitrogens with zero attached hydrogens (tertiary/aromatic N) is 2. The zero-order valence-corrected chi connectivity index (χ0v) is 13.7. The summed E-state index contributed by atoms with van der Waals surface area (Å²) in [6.45, 7) is 4.36. The third kappa shape index (κ3) is 6.09. The maximum atomic E-state index is 11.9. The number of amides is 1. The van der Waals surface area contributed by atoms with Crippen molar-refractivity contribution in [1.82, 2.24) is 15.5 Å². The van der Waals surface area contributed by atoms with Crippen LogP contribution in [0.3, 0.4) is 0 Å². The summed E-state index contributed by atoms with van der Waals surface area (Å²) in [5.41, 5.74) is 0. The quantitative estimate of drug-likeness (QED) is 0.724. The first-order chi connectivity index (χ1) is 10.3. The van der Waals surface area contributed by atoms with E-state index in [4.69, 9.17) is 0 Å². The molecule has 118 valence electrons. The Morgan fingerprint density at radius 3 is 2.90 bits per heavy atom. The normalized spacial score (nSPS) is 16.0. The molecule has 1 aliphatic rings. The van der Waals surface area contributed by atoms with Gasteiger partial charge in [0.05, 0.1) is 0 Å². The molecule has 1 aliphatic heterocycles. The fraction of sp³-hybridized carbons (Fsp3) is 0.800. The molecule has 0 aliphatic carbocycles. The molecule has 1 saturated heterocycles. The second-order valence-electron chi connectivity index (χ2n) is 5.74. The van der Waals surface area contributed by atoms with Gasteiger partial charge in [0.15, 0.2) is 0 Å². The lowest BCUT2D eigenvalue weighted by Crippen LogP contribution is -2.28. The minimum absolute atomic E-state index is 0.0739. The van der Waals surface area contributed by atoms with E-state index in [0.717, 1.165) is 37.4 Å². The zero-order valence-electron chi connectivity index (χ0n) is 12.9. The fourth-order valence-electron chi connectivity index (χ4n) is 2.62. The van der Waals surface area contributed by atoms with E-state index in [1.165, 1.54) is 37.0 Å². The molecular formula is C15H26N4OS. The van der Waals surface area contributed by atoms with E-state index in [0.29, 0.717) is 17.5 Å². The molecule has 0 aromatic carbocycles. The van der Waals surface area contributed by atoms with E-state index in [9.17, 15) is 4.79 Å². The number of rotatable bonds is 8. The van der Waals surface area contributed by atoms with Crippen LogP contribution in [0.25, 0.3) is 0 Å². The van der Waals surface area contributed by atoms with Crippen LogP contribution in [0, 0.1) is 5.92 Å². The lowest BCUT2D eigenvalue weighted by Gasteiger charge is -2.21. The summed E-state index contributed by atoms with van der Waals surface area (Å²) in [6, 6.07) is 0. The van der Waals surface area contributed by atoms with E-state index >= 15 is 0 Å². The summed E-state index contributed by atoms with van der Waals surface area (Å²) in [4.78, 5) is 11.9. The Morgan fingerprint density at radius 1 is 1.33 bits per heavy atom. The Hall–Kier alpha value is -1.01. The number of aryl methyl sites for hydroxylation is 1. The average Bonchev–Trinajstić information content (AvgIpc) is 2.94. The highest BCUT2D eigenvalue weighted by atomic mass is 32.1. The molecule has 21 heavy (non-hydrogen) atoms. The number of anilines is 1. The molecule has 1 amide bonds. The average molecular weight is 310 g/mol. The third-order valence-corrected chi connectivity index (χ3v) is 4.84. The highest BCUT2D eigenvalue weighted by molar-refractivity contribution is 7.15. The van der Waals surface area contributed by atoms with Crippen LogP contribution < -0.4 is 10.6 Å². The summed E-state index contributed by atoms with van der Waals surface area (Å²) >= 11 is 1.51. The number of aromatic nitrogens is 2. The number of piperidine rings is 1. The minimum atomic E-state index is 0.0739. The van der Waals surface area contributed by atoms with Crippen LogP contribution in [0.2, 0.25) is 0 Å². The predicted molar refractivity (Wildman–Crippen MR) is 86.6 cm³/mol. The first kappa shape index (κ1) is 16.4. The van der Waals surface area contributed by atoms with Crippen LogP contribution in [-0.2, 0) is 11.2 Å². The molecule has 2 rings (SSSR count). The summed E-state index contributed by atoms with van der Waals surface area (Å²) in [7, 11) is 0. The topological polar surface area (TPSA) is 66.9 Å². The second kappa shape index (κ2) is 9.10. The van der Waals surface area contributed by atoms with Gasteiger partial charge in [-0.05, 0) is 44.7 Å². The van der Waals surface area contributed by atoms with Gasteiger partial charge in [-0.2, -0.15) is 0 Å². The molecule has 2 N–H and O–H groups in total. The van der Waals surface area contributed by atoms with Gasteiger partial charge in [0.1, 0.15) is 5.01 Å². The lowest BCUT2D eigenvalue weighted by molar-refractivity contribution is -0.116. The third-order valence-electron chi connectivity index (χ3n) is 3.95. The Bertz CT molecular complexity index is 429. The van der Waals surface area contributed by atoms with Crippen LogP contribution in [-0.4, -0.2) is 29.2 Å². The standard InChI is InChI=1S/C15H26N4OS/c1-2-3-4-5-14-18-19-15(21-14)17-13(20)7-6-12-8-10-16-11-9-12/h12,16H,2-11H2,1H3,(H,17,19,20). The van der Waals surface area contributed by atoms with Crippen LogP contribution >= 0.6 is 11.3 Å². The molecule has 0 saturated carbocycles. The van der Waals surface area contributed by atoms with Gasteiger partial charge >= 0.3 is 0 Å². The highest BCUT2D eigenvalue weighted by Gasteiger charge is 2.15. The summed E-state index contributed by atoms with van der Waals surface area (Å²) < 4.78 is 0. The molecule has 0 atom stereocenters. The van der Waals surface area contributed by atoms with Gasteiger partial charge in [0.2, 0.25) is 11.0 Å². The summed E-state index contributed by atoms with van der Waals surface area (Å²) in [5.74, 6) is 0.765. The SMILES string of the molecule is CCCCCc1nnc(NC(=O)CCC2CCNCC2)s1. The number of carbonyl (C=O) groups is 1. The van der Waals surface area contributed by atoms with Gasteiger partial charge in [-0.1, -0.05) is 31.1 Å². The molecule has 6 heteroatoms. The number of hydrogen-bond acceptors (Lipinski definition) is 5. The molecule has 2 heterocycles. The van der Waals surface area contributed by atoms with Crippen molar-refractivity contribution < 1.29 is 4.79 Å². The second-order valence-corrected chi connectivity index (χ2v) is 6.80. The highest BCUT2D eigenvalue weighted by Crippen LogP contribution is 2.20. The molecule has 0 spiro atoms. The minimum Gasteiger partial charge on any atom is -0.317 e. The zero-order chi connectivity index (χ0) is 14.9. The number of nitrogens with one attached hydrogen (secondary N) is 2. The molecule has 5 nitrogen and oxygen atoms in total. The van der Waals surface area contributed by atoms with Crippen molar-refractivity contribution in [3.8, 4) is 0 Å². The molecular weight excluding hydrogens is 284 g/mol. The largest absolute Gasteiger partial charge is 0.317 e. The van der Waals surface area contributed by atoms with Crippen molar-refractivity contribution in [2.45, 2.75) is 58.3 Å². The number of carbonyl (C=O) groups excluding carboxylic acids is 1. The maximum absolute atomic E-state index is 11.9. The summed E-state index contributed by atoms with van der Waals surface area (Å²) in [5, 5.41) is 16.1. The Balaban J connectivity index is 1.67. The van der Waals surface area contributed by atoms with Crippen LogP contribution in [0.1, 0.15) is 56.9 Å². The first-order valence-electron chi connectivity index (χ1n) is 8.11. The van der Waals surface area contributed by atoms with E-state index in [1.54, 1.807) is 0 Å². The number of hydrogen-bond donors (Lipinski definition) is 2. The van der Waals surface area contributed by atoms with Crippen molar-refractivity contribution in [3.63, 3.8) is 0 Å². The molecule has 0 bridgehead atoms. The van der Waals surface area contributed by atoms with E-state index in [1.807, 2.05) is 0 Å². The first-order valence-corrected chi connectivity index (χ1v) is 8.92. The van der Waals surface area contributed by atoms with E-state index < -0.39 is 0 Å². The fourth-order valence-corrected chi connectivity index (χ4v) is 3.42. The Labute approximate surface area is 130 Å². The monoisotopic (exact) mass is 310 g/mol. The maximum Gasteiger partial charge on any atom is 0.226 e. The van der Waals surface area contributed by atoms with Crippen molar-refractivity contribution in [2.75, 3.05) is 18.4 Å². The van der Waals surface area contributed by atoms with Crippen molar-refractivity contribution in [3.05, 3.63) is 5.01 Å². The van der Waals surface area contributed by atoms with Gasteiger partial charge in [-0.3, -0.25) is 4.79 Å². The van der Waals surface area contributed by atoms with Gasteiger partial charge in [-0.15, -0.1) is 10.2 Å². The van der Waals surface area contributed by atoms with Gasteiger partial charge < -0.3 is 10.6 Å². The van der Waals surface area contributed by atoms with Crippen molar-refractivity contribution >= 4 is 22.4 Å². The summed E-state index contributed by atoms with van der Waals surface area (Å²) in [6.07, 6.45) is 8.49. The van der Waals surface area contributed by atoms with Gasteiger partial charge in [-0.25, -0.2) is 0 Å². The van der Waals surface area contributed by atoms with Crippen LogP contribution in [0.4, 0.5) is 5.13 Å². The van der Waals surface area contributed by atoms with E-state index in [-0.39, 0.29) is 5.91 Å². The van der Waals surface area contributed by atoms with Crippen molar-refractivity contribution in [1.29, 1.82) is 0 Å².